The molecular formula is C6H9N3O3. The van der Waals surface area contributed by atoms with Gasteiger partial charge >= 0.3 is 11.7 Å². The summed E-state index contributed by atoms with van der Waals surface area (Å²) < 4.78 is 1.34. The summed E-state index contributed by atoms with van der Waals surface area (Å²) in [5, 5.41) is 14.0. The Bertz CT molecular complexity index is 314. The van der Waals surface area contributed by atoms with Crippen molar-refractivity contribution in [2.45, 2.75) is 19.4 Å². The van der Waals surface area contributed by atoms with Gasteiger partial charge in [0.1, 0.15) is 6.33 Å². The molecule has 1 aromatic heterocycles. The number of nitrogens with zero attached hydrogens (tertiary/aromatic N) is 2. The predicted octanol–water partition coefficient (Wildman–Crippen LogP) is -0.564. The molecule has 1 aromatic rings. The summed E-state index contributed by atoms with van der Waals surface area (Å²) >= 11 is 0. The molecule has 0 amide bonds. The highest BCUT2D eigenvalue weighted by molar-refractivity contribution is 5.66. The number of carbonyl (C=O) groups is 1. The third-order valence-corrected chi connectivity index (χ3v) is 1.41. The molecule has 0 fully saturated rings. The molecule has 0 bridgehead atoms. The van der Waals surface area contributed by atoms with E-state index in [2.05, 4.69) is 10.2 Å². The maximum absolute atomic E-state index is 10.8. The van der Waals surface area contributed by atoms with Crippen molar-refractivity contribution in [3.63, 3.8) is 0 Å². The van der Waals surface area contributed by atoms with Gasteiger partial charge in [-0.3, -0.25) is 9.36 Å². The Kier molecular flexibility index (Phi) is 2.62. The summed E-state index contributed by atoms with van der Waals surface area (Å²) in [4.78, 5) is 20.9. The zero-order chi connectivity index (χ0) is 8.97. The van der Waals surface area contributed by atoms with Gasteiger partial charge in [0.25, 0.3) is 0 Å². The predicted molar refractivity (Wildman–Crippen MR) is 39.7 cm³/mol. The van der Waals surface area contributed by atoms with Crippen LogP contribution in [0.5, 0.6) is 0 Å². The van der Waals surface area contributed by atoms with Gasteiger partial charge < -0.3 is 5.11 Å². The average Bonchev–Trinajstić information content (AvgIpc) is 2.36. The van der Waals surface area contributed by atoms with Crippen LogP contribution < -0.4 is 5.69 Å². The molecule has 0 saturated heterocycles. The highest BCUT2D eigenvalue weighted by atomic mass is 16.4. The molecule has 1 rings (SSSR count). The van der Waals surface area contributed by atoms with Gasteiger partial charge in [-0.2, -0.15) is 5.10 Å². The summed E-state index contributed by atoms with van der Waals surface area (Å²) in [5.41, 5.74) is -0.305. The van der Waals surface area contributed by atoms with E-state index in [1.54, 1.807) is 0 Å². The SMILES string of the molecule is O=C(O)CCCn1cn[nH]c1=O. The number of aromatic nitrogens is 3. The standard InChI is InChI=1S/C6H9N3O3/c10-5(11)2-1-3-9-4-7-8-6(9)12/h4H,1-3H2,(H,8,12)(H,10,11). The van der Waals surface area contributed by atoms with Crippen molar-refractivity contribution < 1.29 is 9.90 Å². The Morgan fingerprint density at radius 2 is 2.50 bits per heavy atom. The van der Waals surface area contributed by atoms with E-state index < -0.39 is 5.97 Å². The highest BCUT2D eigenvalue weighted by Crippen LogP contribution is 1.90. The number of aliphatic carboxylic acids is 1. The normalized spacial score (nSPS) is 10.0. The monoisotopic (exact) mass is 171 g/mol. The van der Waals surface area contributed by atoms with E-state index in [0.717, 1.165) is 0 Å². The van der Waals surface area contributed by atoms with Crippen molar-refractivity contribution in [1.82, 2.24) is 14.8 Å². The smallest absolute Gasteiger partial charge is 0.343 e. The van der Waals surface area contributed by atoms with E-state index >= 15 is 0 Å². The Morgan fingerprint density at radius 1 is 1.75 bits per heavy atom. The Morgan fingerprint density at radius 3 is 3.00 bits per heavy atom. The zero-order valence-electron chi connectivity index (χ0n) is 6.36. The molecule has 0 aliphatic carbocycles. The number of rotatable bonds is 4. The molecule has 2 N–H and O–H groups in total. The Hall–Kier alpha value is -1.59. The van der Waals surface area contributed by atoms with Crippen molar-refractivity contribution in [1.29, 1.82) is 0 Å². The average molecular weight is 171 g/mol. The topological polar surface area (TPSA) is 88.0 Å². The van der Waals surface area contributed by atoms with E-state index in [1.807, 2.05) is 0 Å². The van der Waals surface area contributed by atoms with E-state index in [0.29, 0.717) is 13.0 Å². The van der Waals surface area contributed by atoms with Crippen LogP contribution in [0.2, 0.25) is 0 Å². The van der Waals surface area contributed by atoms with Gasteiger partial charge in [-0.15, -0.1) is 0 Å². The number of aryl methyl sites for hydroxylation is 1. The molecule has 0 aromatic carbocycles. The van der Waals surface area contributed by atoms with Crippen molar-refractivity contribution in [2.75, 3.05) is 0 Å². The molecule has 12 heavy (non-hydrogen) atoms. The number of aromatic amines is 1. The van der Waals surface area contributed by atoms with Gasteiger partial charge in [-0.05, 0) is 6.42 Å². The van der Waals surface area contributed by atoms with Gasteiger partial charge in [0.05, 0.1) is 0 Å². The van der Waals surface area contributed by atoms with Gasteiger partial charge in [0.15, 0.2) is 0 Å². The lowest BCUT2D eigenvalue weighted by molar-refractivity contribution is -0.137. The van der Waals surface area contributed by atoms with Crippen molar-refractivity contribution in [2.24, 2.45) is 0 Å². The van der Waals surface area contributed by atoms with Crippen LogP contribution in [-0.4, -0.2) is 25.8 Å². The van der Waals surface area contributed by atoms with Crippen molar-refractivity contribution in [3.8, 4) is 0 Å². The lowest BCUT2D eigenvalue weighted by atomic mass is 10.3. The van der Waals surface area contributed by atoms with Crippen LogP contribution in [0.4, 0.5) is 0 Å². The van der Waals surface area contributed by atoms with E-state index in [4.69, 9.17) is 5.11 Å². The Balaban J connectivity index is 2.39. The number of hydrogen-bond acceptors (Lipinski definition) is 3. The summed E-state index contributed by atoms with van der Waals surface area (Å²) in [5.74, 6) is -0.855. The second kappa shape index (κ2) is 3.70. The molecule has 0 radical (unpaired) electrons. The first-order valence-corrected chi connectivity index (χ1v) is 3.52. The highest BCUT2D eigenvalue weighted by Gasteiger charge is 1.99. The van der Waals surface area contributed by atoms with E-state index in [-0.39, 0.29) is 12.1 Å². The molecule has 0 aliphatic rings. The molecule has 6 nitrogen and oxygen atoms in total. The molecule has 0 aliphatic heterocycles. The number of carboxylic acids is 1. The van der Waals surface area contributed by atoms with Crippen LogP contribution in [0, 0.1) is 0 Å². The summed E-state index contributed by atoms with van der Waals surface area (Å²) in [6.45, 7) is 0.391. The molecule has 6 heteroatoms. The summed E-state index contributed by atoms with van der Waals surface area (Å²) in [7, 11) is 0. The third-order valence-electron chi connectivity index (χ3n) is 1.41. The van der Waals surface area contributed by atoms with E-state index in [9.17, 15) is 9.59 Å². The number of H-pyrrole nitrogens is 1. The van der Waals surface area contributed by atoms with Crippen LogP contribution in [0.3, 0.4) is 0 Å². The fourth-order valence-corrected chi connectivity index (χ4v) is 0.830. The van der Waals surface area contributed by atoms with Crippen molar-refractivity contribution in [3.05, 3.63) is 16.8 Å². The second-order valence-electron chi connectivity index (χ2n) is 2.35. The van der Waals surface area contributed by atoms with Crippen molar-refractivity contribution >= 4 is 5.97 Å². The largest absolute Gasteiger partial charge is 0.481 e. The number of nitrogens with one attached hydrogen (secondary N) is 1. The summed E-state index contributed by atoms with van der Waals surface area (Å²) in [6, 6.07) is 0. The molecule has 1 heterocycles. The van der Waals surface area contributed by atoms with Gasteiger partial charge in [0.2, 0.25) is 0 Å². The minimum atomic E-state index is -0.855. The lowest BCUT2D eigenvalue weighted by Gasteiger charge is -1.95. The maximum Gasteiger partial charge on any atom is 0.343 e. The quantitative estimate of drug-likeness (QED) is 0.635. The van der Waals surface area contributed by atoms with Crippen LogP contribution in [0.25, 0.3) is 0 Å². The maximum atomic E-state index is 10.8. The van der Waals surface area contributed by atoms with Gasteiger partial charge in [-0.1, -0.05) is 0 Å². The molecular weight excluding hydrogens is 162 g/mol. The molecule has 0 unspecified atom stereocenters. The minimum Gasteiger partial charge on any atom is -0.481 e. The van der Waals surface area contributed by atoms with Gasteiger partial charge in [0, 0.05) is 13.0 Å². The molecule has 0 spiro atoms. The molecule has 66 valence electrons. The van der Waals surface area contributed by atoms with Gasteiger partial charge in [-0.25, -0.2) is 9.89 Å². The van der Waals surface area contributed by atoms with Crippen LogP contribution >= 0.6 is 0 Å². The first-order valence-electron chi connectivity index (χ1n) is 3.52. The first kappa shape index (κ1) is 8.51. The Labute approximate surface area is 67.8 Å². The zero-order valence-corrected chi connectivity index (χ0v) is 6.36. The fraction of sp³-hybridized carbons (Fsp3) is 0.500. The van der Waals surface area contributed by atoms with Crippen LogP contribution in [0.15, 0.2) is 11.1 Å². The summed E-state index contributed by atoms with van der Waals surface area (Å²) in [6.07, 6.45) is 1.86. The second-order valence-corrected chi connectivity index (χ2v) is 2.35. The lowest BCUT2D eigenvalue weighted by Crippen LogP contribution is -2.16. The molecule has 0 atom stereocenters. The number of hydrogen-bond donors (Lipinski definition) is 2. The fourth-order valence-electron chi connectivity index (χ4n) is 0.830. The van der Waals surface area contributed by atoms with E-state index in [1.165, 1.54) is 10.9 Å². The number of carboxylic acid groups (broad SMARTS) is 1. The molecule has 0 saturated carbocycles. The first-order chi connectivity index (χ1) is 5.70. The third kappa shape index (κ3) is 2.22. The van der Waals surface area contributed by atoms with Crippen LogP contribution in [0.1, 0.15) is 12.8 Å². The van der Waals surface area contributed by atoms with Crippen LogP contribution in [-0.2, 0) is 11.3 Å². The minimum absolute atomic E-state index is 0.0671.